The number of nitrogens with zero attached hydrogens (tertiary/aromatic N) is 1. The number of carbonyl (C=O) groups is 1. The van der Waals surface area contributed by atoms with Crippen LogP contribution in [-0.2, 0) is 10.5 Å². The molecule has 2 rings (SSSR count). The Morgan fingerprint density at radius 2 is 2.38 bits per heavy atom. The molecule has 6 heteroatoms. The van der Waals surface area contributed by atoms with Crippen molar-refractivity contribution in [1.82, 2.24) is 4.98 Å². The smallest absolute Gasteiger partial charge is 0.236 e. The van der Waals surface area contributed by atoms with Gasteiger partial charge in [-0.3, -0.25) is 4.79 Å². The van der Waals surface area contributed by atoms with E-state index in [4.69, 9.17) is 0 Å². The predicted molar refractivity (Wildman–Crippen MR) is 71.2 cm³/mol. The molecule has 0 aliphatic carbocycles. The number of hydrogen-bond donors (Lipinski definition) is 1. The van der Waals surface area contributed by atoms with Gasteiger partial charge in [0.05, 0.1) is 5.75 Å². The van der Waals surface area contributed by atoms with Gasteiger partial charge in [-0.1, -0.05) is 6.07 Å². The van der Waals surface area contributed by atoms with Gasteiger partial charge in [0.2, 0.25) is 5.91 Å². The van der Waals surface area contributed by atoms with Crippen LogP contribution in [0.1, 0.15) is 4.88 Å². The van der Waals surface area contributed by atoms with E-state index in [9.17, 15) is 4.79 Å². The first-order valence-corrected chi connectivity index (χ1v) is 7.55. The Morgan fingerprint density at radius 3 is 3.06 bits per heavy atom. The Kier molecular flexibility index (Phi) is 4.38. The highest BCUT2D eigenvalue weighted by Gasteiger charge is 2.04. The molecule has 0 radical (unpaired) electrons. The fraction of sp³-hybridized carbons (Fsp3) is 0.200. The molecule has 0 unspecified atom stereocenters. The van der Waals surface area contributed by atoms with Gasteiger partial charge in [-0.25, -0.2) is 4.98 Å². The molecule has 2 aromatic heterocycles. The van der Waals surface area contributed by atoms with Crippen LogP contribution in [0.2, 0.25) is 0 Å². The number of thiazole rings is 1. The van der Waals surface area contributed by atoms with Gasteiger partial charge >= 0.3 is 0 Å². The van der Waals surface area contributed by atoms with Gasteiger partial charge in [0.15, 0.2) is 5.13 Å². The first-order chi connectivity index (χ1) is 7.84. The highest BCUT2D eigenvalue weighted by atomic mass is 32.2. The molecule has 0 saturated heterocycles. The maximum Gasteiger partial charge on any atom is 0.236 e. The molecule has 1 N–H and O–H groups in total. The zero-order valence-electron chi connectivity index (χ0n) is 8.38. The number of rotatable bonds is 5. The average Bonchev–Trinajstić information content (AvgIpc) is 2.90. The molecule has 0 spiro atoms. The summed E-state index contributed by atoms with van der Waals surface area (Å²) in [7, 11) is 0. The molecule has 84 valence electrons. The second kappa shape index (κ2) is 6.03. The summed E-state index contributed by atoms with van der Waals surface area (Å²) in [6.07, 6.45) is 1.68. The number of amides is 1. The van der Waals surface area contributed by atoms with Crippen molar-refractivity contribution < 1.29 is 4.79 Å². The van der Waals surface area contributed by atoms with Crippen molar-refractivity contribution in [3.8, 4) is 0 Å². The molecule has 2 aromatic rings. The summed E-state index contributed by atoms with van der Waals surface area (Å²) < 4.78 is 0. The number of anilines is 1. The third-order valence-corrected chi connectivity index (χ3v) is 4.47. The van der Waals surface area contributed by atoms with Crippen LogP contribution in [0.3, 0.4) is 0 Å². The summed E-state index contributed by atoms with van der Waals surface area (Å²) in [6.45, 7) is 0. The molecule has 0 aliphatic heterocycles. The van der Waals surface area contributed by atoms with Gasteiger partial charge in [0.25, 0.3) is 0 Å². The van der Waals surface area contributed by atoms with Gasteiger partial charge in [-0.2, -0.15) is 0 Å². The molecule has 0 aromatic carbocycles. The zero-order chi connectivity index (χ0) is 11.2. The van der Waals surface area contributed by atoms with Gasteiger partial charge in [0, 0.05) is 22.2 Å². The van der Waals surface area contributed by atoms with Crippen LogP contribution >= 0.6 is 34.4 Å². The summed E-state index contributed by atoms with van der Waals surface area (Å²) in [5.74, 6) is 1.37. The number of aromatic nitrogens is 1. The maximum absolute atomic E-state index is 11.5. The molecular formula is C10H10N2OS3. The topological polar surface area (TPSA) is 42.0 Å². The molecular weight excluding hydrogens is 260 g/mol. The third kappa shape index (κ3) is 3.62. The first kappa shape index (κ1) is 11.6. The molecule has 16 heavy (non-hydrogen) atoms. The van der Waals surface area contributed by atoms with E-state index in [-0.39, 0.29) is 5.91 Å². The van der Waals surface area contributed by atoms with E-state index in [0.29, 0.717) is 10.9 Å². The minimum atomic E-state index is 0.0107. The van der Waals surface area contributed by atoms with Crippen molar-refractivity contribution in [2.75, 3.05) is 11.1 Å². The van der Waals surface area contributed by atoms with Crippen molar-refractivity contribution in [1.29, 1.82) is 0 Å². The zero-order valence-corrected chi connectivity index (χ0v) is 10.8. The first-order valence-electron chi connectivity index (χ1n) is 4.64. The van der Waals surface area contributed by atoms with Crippen LogP contribution in [0.4, 0.5) is 5.13 Å². The Labute approximate surface area is 106 Å². The third-order valence-electron chi connectivity index (χ3n) is 1.74. The van der Waals surface area contributed by atoms with E-state index >= 15 is 0 Å². The Hall–Kier alpha value is -0.850. The van der Waals surface area contributed by atoms with Gasteiger partial charge in [0.1, 0.15) is 0 Å². The van der Waals surface area contributed by atoms with E-state index in [2.05, 4.69) is 16.4 Å². The predicted octanol–water partition coefficient (Wildman–Crippen LogP) is 3.08. The number of thiophene rings is 1. The van der Waals surface area contributed by atoms with Gasteiger partial charge < -0.3 is 5.32 Å². The lowest BCUT2D eigenvalue weighted by Gasteiger charge is -2.00. The van der Waals surface area contributed by atoms with Crippen molar-refractivity contribution in [3.05, 3.63) is 34.0 Å². The normalized spacial score (nSPS) is 10.2. The lowest BCUT2D eigenvalue weighted by Crippen LogP contribution is -2.13. The number of carbonyl (C=O) groups excluding carboxylic acids is 1. The average molecular weight is 270 g/mol. The minimum Gasteiger partial charge on any atom is -0.301 e. The second-order valence-electron chi connectivity index (χ2n) is 2.96. The van der Waals surface area contributed by atoms with Crippen LogP contribution in [0, 0.1) is 0 Å². The summed E-state index contributed by atoms with van der Waals surface area (Å²) in [5.41, 5.74) is 0. The molecule has 0 aliphatic rings. The largest absolute Gasteiger partial charge is 0.301 e. The lowest BCUT2D eigenvalue weighted by molar-refractivity contribution is -0.113. The molecule has 3 nitrogen and oxygen atoms in total. The van der Waals surface area contributed by atoms with E-state index in [0.717, 1.165) is 5.75 Å². The molecule has 1 amide bonds. The molecule has 0 bridgehead atoms. The Bertz CT molecular complexity index is 425. The Morgan fingerprint density at radius 1 is 1.44 bits per heavy atom. The number of nitrogens with one attached hydrogen (secondary N) is 1. The number of hydrogen-bond acceptors (Lipinski definition) is 5. The van der Waals surface area contributed by atoms with Crippen LogP contribution < -0.4 is 5.32 Å². The van der Waals surface area contributed by atoms with Crippen LogP contribution in [0.25, 0.3) is 0 Å². The summed E-state index contributed by atoms with van der Waals surface area (Å²) in [4.78, 5) is 16.8. The van der Waals surface area contributed by atoms with Crippen molar-refractivity contribution in [2.24, 2.45) is 0 Å². The van der Waals surface area contributed by atoms with E-state index in [1.807, 2.05) is 16.8 Å². The van der Waals surface area contributed by atoms with Gasteiger partial charge in [-0.15, -0.1) is 34.4 Å². The monoisotopic (exact) mass is 270 g/mol. The summed E-state index contributed by atoms with van der Waals surface area (Å²) >= 11 is 4.77. The maximum atomic E-state index is 11.5. The van der Waals surface area contributed by atoms with E-state index in [1.165, 1.54) is 16.2 Å². The highest BCUT2D eigenvalue weighted by Crippen LogP contribution is 2.17. The lowest BCUT2D eigenvalue weighted by atomic mass is 10.5. The SMILES string of the molecule is O=C(CSCc1cccs1)Nc1nccs1. The van der Waals surface area contributed by atoms with E-state index < -0.39 is 0 Å². The van der Waals surface area contributed by atoms with Crippen LogP contribution in [0.15, 0.2) is 29.1 Å². The fourth-order valence-electron chi connectivity index (χ4n) is 1.08. The molecule has 0 fully saturated rings. The molecule has 2 heterocycles. The minimum absolute atomic E-state index is 0.0107. The summed E-state index contributed by atoms with van der Waals surface area (Å²) in [6, 6.07) is 4.10. The van der Waals surface area contributed by atoms with Crippen molar-refractivity contribution in [3.63, 3.8) is 0 Å². The molecule has 0 saturated carbocycles. The number of thioether (sulfide) groups is 1. The van der Waals surface area contributed by atoms with Gasteiger partial charge in [-0.05, 0) is 11.4 Å². The standard InChI is InChI=1S/C10H10N2OS3/c13-9(12-10-11-3-5-16-10)7-14-6-8-2-1-4-15-8/h1-5H,6-7H2,(H,11,12,13). The van der Waals surface area contributed by atoms with Crippen LogP contribution in [-0.4, -0.2) is 16.6 Å². The van der Waals surface area contributed by atoms with Crippen molar-refractivity contribution in [2.45, 2.75) is 5.75 Å². The van der Waals surface area contributed by atoms with E-state index in [1.54, 1.807) is 29.3 Å². The van der Waals surface area contributed by atoms with Crippen LogP contribution in [0.5, 0.6) is 0 Å². The fourth-order valence-corrected chi connectivity index (χ4v) is 3.29. The van der Waals surface area contributed by atoms with Crippen molar-refractivity contribution >= 4 is 45.5 Å². The summed E-state index contributed by atoms with van der Waals surface area (Å²) in [5, 5.41) is 7.31. The highest BCUT2D eigenvalue weighted by molar-refractivity contribution is 7.99. The second-order valence-corrected chi connectivity index (χ2v) is 5.87. The quantitative estimate of drug-likeness (QED) is 0.908. The molecule has 0 atom stereocenters. The Balaban J connectivity index is 1.68.